The normalized spacial score (nSPS) is 23.3. The molecule has 3 heterocycles. The Balaban J connectivity index is 1.55. The molecule has 2 aromatic heterocycles. The molecule has 2 atom stereocenters. The van der Waals surface area contributed by atoms with Crippen LogP contribution in [0.5, 0.6) is 0 Å². The summed E-state index contributed by atoms with van der Waals surface area (Å²) in [6.45, 7) is 0.966. The van der Waals surface area contributed by atoms with Crippen molar-refractivity contribution in [1.82, 2.24) is 31.1 Å². The maximum Gasteiger partial charge on any atom is 0.315 e. The first-order valence-corrected chi connectivity index (χ1v) is 9.29. The highest BCUT2D eigenvalue weighted by Crippen LogP contribution is 2.34. The minimum Gasteiger partial charge on any atom is -0.351 e. The van der Waals surface area contributed by atoms with Crippen molar-refractivity contribution in [3.63, 3.8) is 0 Å². The summed E-state index contributed by atoms with van der Waals surface area (Å²) in [4.78, 5) is 28.6. The SMILES string of the molecule is O=C1NCCCNC(=O)c2cccc(n2)Nc2cc([nH]n2)[C@H]2CC[C@H](C2)N1. The summed E-state index contributed by atoms with van der Waals surface area (Å²) in [6.07, 6.45) is 3.48. The average Bonchev–Trinajstić information content (AvgIpc) is 3.30. The fourth-order valence-corrected chi connectivity index (χ4v) is 3.59. The van der Waals surface area contributed by atoms with Crippen LogP contribution in [0.4, 0.5) is 16.4 Å². The molecule has 2 aromatic rings. The summed E-state index contributed by atoms with van der Waals surface area (Å²) in [5, 5.41) is 19.2. The van der Waals surface area contributed by atoms with Crippen LogP contribution in [0.15, 0.2) is 24.3 Å². The number of carbonyl (C=O) groups excluding carboxylic acids is 2. The van der Waals surface area contributed by atoms with E-state index >= 15 is 0 Å². The van der Waals surface area contributed by atoms with Gasteiger partial charge < -0.3 is 21.3 Å². The number of aromatic nitrogens is 3. The second-order valence-electron chi connectivity index (χ2n) is 6.96. The lowest BCUT2D eigenvalue weighted by atomic mass is 10.0. The van der Waals surface area contributed by atoms with Gasteiger partial charge in [-0.25, -0.2) is 9.78 Å². The number of nitrogens with one attached hydrogen (secondary N) is 5. The Labute approximate surface area is 156 Å². The third kappa shape index (κ3) is 4.18. The molecule has 27 heavy (non-hydrogen) atoms. The molecule has 1 aliphatic heterocycles. The average molecular weight is 369 g/mol. The van der Waals surface area contributed by atoms with Gasteiger partial charge in [-0.2, -0.15) is 5.10 Å². The molecule has 6 bridgehead atoms. The molecule has 0 saturated heterocycles. The van der Waals surface area contributed by atoms with Crippen molar-refractivity contribution in [1.29, 1.82) is 0 Å². The van der Waals surface area contributed by atoms with Gasteiger partial charge in [0.15, 0.2) is 5.82 Å². The first-order valence-electron chi connectivity index (χ1n) is 9.29. The van der Waals surface area contributed by atoms with Gasteiger partial charge in [0, 0.05) is 36.8 Å². The third-order valence-electron chi connectivity index (χ3n) is 4.97. The Morgan fingerprint density at radius 3 is 2.85 bits per heavy atom. The quantitative estimate of drug-likeness (QED) is 0.483. The van der Waals surface area contributed by atoms with Gasteiger partial charge in [0.05, 0.1) is 0 Å². The van der Waals surface area contributed by atoms with Crippen LogP contribution in [-0.2, 0) is 0 Å². The Morgan fingerprint density at radius 2 is 1.93 bits per heavy atom. The Bertz CT molecular complexity index is 835. The highest BCUT2D eigenvalue weighted by molar-refractivity contribution is 5.92. The molecule has 1 aliphatic carbocycles. The molecule has 2 aliphatic rings. The largest absolute Gasteiger partial charge is 0.351 e. The van der Waals surface area contributed by atoms with Gasteiger partial charge in [-0.1, -0.05) is 6.07 Å². The van der Waals surface area contributed by atoms with Crippen LogP contribution >= 0.6 is 0 Å². The van der Waals surface area contributed by atoms with Crippen molar-refractivity contribution < 1.29 is 9.59 Å². The summed E-state index contributed by atoms with van der Waals surface area (Å²) < 4.78 is 0. The predicted octanol–water partition coefficient (Wildman–Crippen LogP) is 1.62. The highest BCUT2D eigenvalue weighted by Gasteiger charge is 2.28. The van der Waals surface area contributed by atoms with E-state index in [4.69, 9.17) is 0 Å². The molecule has 4 rings (SSSR count). The fourth-order valence-electron chi connectivity index (χ4n) is 3.59. The van der Waals surface area contributed by atoms with Crippen LogP contribution < -0.4 is 21.3 Å². The molecule has 142 valence electrons. The number of hydrogen-bond acceptors (Lipinski definition) is 5. The maximum atomic E-state index is 12.2. The molecular weight excluding hydrogens is 346 g/mol. The lowest BCUT2D eigenvalue weighted by Crippen LogP contribution is -2.42. The van der Waals surface area contributed by atoms with E-state index in [1.54, 1.807) is 18.2 Å². The minimum absolute atomic E-state index is 0.158. The Hall–Kier alpha value is -3.10. The highest BCUT2D eigenvalue weighted by atomic mass is 16.2. The van der Waals surface area contributed by atoms with Gasteiger partial charge in [0.1, 0.15) is 11.5 Å². The van der Waals surface area contributed by atoms with Crippen LogP contribution in [0.2, 0.25) is 0 Å². The van der Waals surface area contributed by atoms with Gasteiger partial charge >= 0.3 is 6.03 Å². The van der Waals surface area contributed by atoms with Crippen molar-refractivity contribution in [2.75, 3.05) is 18.4 Å². The molecule has 0 radical (unpaired) electrons. The number of fused-ring (bicyclic) bond motifs is 7. The monoisotopic (exact) mass is 369 g/mol. The third-order valence-corrected chi connectivity index (χ3v) is 4.97. The van der Waals surface area contributed by atoms with Gasteiger partial charge in [-0.15, -0.1) is 0 Å². The zero-order chi connectivity index (χ0) is 18.6. The topological polar surface area (TPSA) is 124 Å². The number of pyridine rings is 1. The van der Waals surface area contributed by atoms with Crippen molar-refractivity contribution in [2.24, 2.45) is 0 Å². The molecule has 1 saturated carbocycles. The number of anilines is 2. The molecule has 9 nitrogen and oxygen atoms in total. The van der Waals surface area contributed by atoms with Gasteiger partial charge in [0.25, 0.3) is 5.91 Å². The number of rotatable bonds is 0. The van der Waals surface area contributed by atoms with Crippen molar-refractivity contribution in [3.8, 4) is 0 Å². The Kier molecular flexibility index (Phi) is 4.91. The first-order chi connectivity index (χ1) is 13.2. The van der Waals surface area contributed by atoms with Crippen molar-refractivity contribution in [2.45, 2.75) is 37.6 Å². The van der Waals surface area contributed by atoms with Crippen LogP contribution in [0.1, 0.15) is 47.8 Å². The van der Waals surface area contributed by atoms with E-state index in [0.717, 1.165) is 25.0 Å². The van der Waals surface area contributed by atoms with E-state index in [1.165, 1.54) is 0 Å². The summed E-state index contributed by atoms with van der Waals surface area (Å²) in [5.41, 5.74) is 1.37. The smallest absolute Gasteiger partial charge is 0.315 e. The summed E-state index contributed by atoms with van der Waals surface area (Å²) >= 11 is 0. The number of hydrogen-bond donors (Lipinski definition) is 5. The number of nitrogens with zero attached hydrogens (tertiary/aromatic N) is 2. The second kappa shape index (κ2) is 7.65. The van der Waals surface area contributed by atoms with Crippen LogP contribution in [0.3, 0.4) is 0 Å². The van der Waals surface area contributed by atoms with E-state index in [9.17, 15) is 9.59 Å². The van der Waals surface area contributed by atoms with Gasteiger partial charge in [0.2, 0.25) is 0 Å². The zero-order valence-electron chi connectivity index (χ0n) is 14.9. The van der Waals surface area contributed by atoms with Gasteiger partial charge in [-0.3, -0.25) is 9.89 Å². The van der Waals surface area contributed by atoms with E-state index in [-0.39, 0.29) is 18.0 Å². The number of aromatic amines is 1. The lowest BCUT2D eigenvalue weighted by Gasteiger charge is -2.14. The van der Waals surface area contributed by atoms with Crippen LogP contribution in [-0.4, -0.2) is 46.3 Å². The summed E-state index contributed by atoms with van der Waals surface area (Å²) in [6, 6.07) is 7.21. The maximum absolute atomic E-state index is 12.2. The predicted molar refractivity (Wildman–Crippen MR) is 100.0 cm³/mol. The molecule has 0 spiro atoms. The van der Waals surface area contributed by atoms with E-state index in [2.05, 4.69) is 36.4 Å². The fraction of sp³-hybridized carbons (Fsp3) is 0.444. The minimum atomic E-state index is -0.245. The number of H-pyrrole nitrogens is 1. The van der Waals surface area contributed by atoms with E-state index in [1.807, 2.05) is 6.07 Å². The lowest BCUT2D eigenvalue weighted by molar-refractivity contribution is 0.0948. The van der Waals surface area contributed by atoms with Crippen molar-refractivity contribution >= 4 is 23.6 Å². The van der Waals surface area contributed by atoms with Crippen LogP contribution in [0.25, 0.3) is 0 Å². The van der Waals surface area contributed by atoms with E-state index < -0.39 is 0 Å². The van der Waals surface area contributed by atoms with E-state index in [0.29, 0.717) is 42.8 Å². The molecule has 0 unspecified atom stereocenters. The van der Waals surface area contributed by atoms with Gasteiger partial charge in [-0.05, 0) is 37.8 Å². The standard InChI is InChI=1S/C18H23N7O2/c26-17-13-3-1-4-15(22-13)23-16-10-14(24-25-16)11-5-6-12(9-11)21-18(27)20-8-2-7-19-17/h1,3-4,10-12H,2,5-9H2,(H,19,26)(H2,20,21,27)(H2,22,23,24,25)/t11-,12+/m0/s1. The molecule has 3 amide bonds. The summed E-state index contributed by atoms with van der Waals surface area (Å²) in [5.74, 6) is 1.32. The molecule has 1 fully saturated rings. The molecule has 9 heteroatoms. The Morgan fingerprint density at radius 1 is 1.04 bits per heavy atom. The first kappa shape index (κ1) is 17.3. The number of urea groups is 1. The number of amides is 3. The van der Waals surface area contributed by atoms with Crippen molar-refractivity contribution in [3.05, 3.63) is 35.7 Å². The molecule has 5 N–H and O–H groups in total. The molecular formula is C18H23N7O2. The van der Waals surface area contributed by atoms with Crippen LogP contribution in [0, 0.1) is 0 Å². The summed E-state index contributed by atoms with van der Waals surface area (Å²) in [7, 11) is 0. The second-order valence-corrected chi connectivity index (χ2v) is 6.96. The molecule has 0 aromatic carbocycles. The number of carbonyl (C=O) groups is 2. The zero-order valence-corrected chi connectivity index (χ0v) is 14.9.